The average Bonchev–Trinajstić information content (AvgIpc) is 2.42. The molecule has 0 heteroatoms. The van der Waals surface area contributed by atoms with E-state index in [1.807, 2.05) is 20.8 Å². The molecule has 0 spiro atoms. The molecule has 12 heavy (non-hydrogen) atoms. The minimum absolute atomic E-state index is 1.18. The molecule has 1 aliphatic carbocycles. The van der Waals surface area contributed by atoms with E-state index in [1.54, 1.807) is 6.08 Å². The molecule has 0 heterocycles. The van der Waals surface area contributed by atoms with Gasteiger partial charge in [-0.3, -0.25) is 0 Å². The molecule has 70 valence electrons. The Hall–Kier alpha value is -0.780. The van der Waals surface area contributed by atoms with E-state index >= 15 is 0 Å². The third kappa shape index (κ3) is 7.33. The Morgan fingerprint density at radius 3 is 1.42 bits per heavy atom. The first-order valence-electron chi connectivity index (χ1n) is 4.65. The fraction of sp³-hybridized carbons (Fsp3) is 0.500. The van der Waals surface area contributed by atoms with Crippen LogP contribution in [0.4, 0.5) is 0 Å². The SMILES string of the molecule is C=C1CCCC1=C.C=CC.CC. The molecule has 0 N–H and O–H groups in total. The van der Waals surface area contributed by atoms with Gasteiger partial charge in [0.25, 0.3) is 0 Å². The Morgan fingerprint density at radius 1 is 1.08 bits per heavy atom. The highest BCUT2D eigenvalue weighted by Crippen LogP contribution is 2.26. The topological polar surface area (TPSA) is 0 Å². The van der Waals surface area contributed by atoms with E-state index in [1.165, 1.54) is 30.4 Å². The lowest BCUT2D eigenvalue weighted by Crippen LogP contribution is -1.67. The lowest BCUT2D eigenvalue weighted by atomic mass is 10.2. The number of allylic oxidation sites excluding steroid dienone is 3. The predicted molar refractivity (Wildman–Crippen MR) is 59.4 cm³/mol. The smallest absolute Gasteiger partial charge is 0.0279 e. The standard InChI is InChI=1S/C7H10.C3H6.C2H6/c1-6-4-3-5-7(6)2;1-3-2;1-2/h1-5H2;3H,1H2,2H3;1-2H3. The van der Waals surface area contributed by atoms with Gasteiger partial charge in [0.15, 0.2) is 0 Å². The Balaban J connectivity index is 0. The van der Waals surface area contributed by atoms with Crippen molar-refractivity contribution in [2.75, 3.05) is 0 Å². The summed E-state index contributed by atoms with van der Waals surface area (Å²) in [5.41, 5.74) is 2.53. The van der Waals surface area contributed by atoms with E-state index < -0.39 is 0 Å². The van der Waals surface area contributed by atoms with Crippen LogP contribution in [0, 0.1) is 0 Å². The van der Waals surface area contributed by atoms with Gasteiger partial charge in [-0.1, -0.05) is 44.2 Å². The maximum atomic E-state index is 3.84. The maximum Gasteiger partial charge on any atom is -0.0279 e. The minimum Gasteiger partial charge on any atom is -0.103 e. The van der Waals surface area contributed by atoms with E-state index in [2.05, 4.69) is 19.7 Å². The van der Waals surface area contributed by atoms with Crippen LogP contribution in [0.15, 0.2) is 37.0 Å². The first-order chi connectivity index (χ1) is 5.72. The molecule has 1 saturated carbocycles. The summed E-state index contributed by atoms with van der Waals surface area (Å²) in [6.07, 6.45) is 5.38. The molecule has 0 unspecified atom stereocenters. The molecule has 0 aromatic rings. The summed E-state index contributed by atoms with van der Waals surface area (Å²) in [7, 11) is 0. The van der Waals surface area contributed by atoms with E-state index in [-0.39, 0.29) is 0 Å². The van der Waals surface area contributed by atoms with Gasteiger partial charge in [-0.2, -0.15) is 0 Å². The van der Waals surface area contributed by atoms with Crippen LogP contribution >= 0.6 is 0 Å². The van der Waals surface area contributed by atoms with Crippen molar-refractivity contribution < 1.29 is 0 Å². The fourth-order valence-electron chi connectivity index (χ4n) is 0.869. The predicted octanol–water partition coefficient (Wildman–Crippen LogP) is 4.50. The largest absolute Gasteiger partial charge is 0.103 e. The van der Waals surface area contributed by atoms with Crippen molar-refractivity contribution in [3.05, 3.63) is 37.0 Å². The molecular formula is C12H22. The first-order valence-corrected chi connectivity index (χ1v) is 4.65. The van der Waals surface area contributed by atoms with Crippen LogP contribution in [0.3, 0.4) is 0 Å². The summed E-state index contributed by atoms with van der Waals surface area (Å²) in [6.45, 7) is 16.9. The summed E-state index contributed by atoms with van der Waals surface area (Å²) >= 11 is 0. The molecule has 0 amide bonds. The van der Waals surface area contributed by atoms with Crippen LogP contribution < -0.4 is 0 Å². The summed E-state index contributed by atoms with van der Waals surface area (Å²) in [6, 6.07) is 0. The molecular weight excluding hydrogens is 144 g/mol. The summed E-state index contributed by atoms with van der Waals surface area (Å²) < 4.78 is 0. The molecule has 0 atom stereocenters. The van der Waals surface area contributed by atoms with Crippen molar-refractivity contribution in [2.45, 2.75) is 40.0 Å². The van der Waals surface area contributed by atoms with Crippen LogP contribution in [0.5, 0.6) is 0 Å². The second-order valence-electron chi connectivity index (χ2n) is 2.47. The highest BCUT2D eigenvalue weighted by molar-refractivity contribution is 5.28. The van der Waals surface area contributed by atoms with Gasteiger partial charge in [-0.25, -0.2) is 0 Å². The zero-order valence-electron chi connectivity index (χ0n) is 8.82. The zero-order valence-corrected chi connectivity index (χ0v) is 8.82. The van der Waals surface area contributed by atoms with Gasteiger partial charge < -0.3 is 0 Å². The van der Waals surface area contributed by atoms with Crippen LogP contribution in [0.1, 0.15) is 40.0 Å². The molecule has 0 aliphatic heterocycles. The monoisotopic (exact) mass is 166 g/mol. The first kappa shape index (κ1) is 13.8. The fourth-order valence-corrected chi connectivity index (χ4v) is 0.869. The van der Waals surface area contributed by atoms with Crippen LogP contribution in [-0.4, -0.2) is 0 Å². The van der Waals surface area contributed by atoms with Crippen molar-refractivity contribution in [3.8, 4) is 0 Å². The maximum absolute atomic E-state index is 3.84. The molecule has 0 aromatic carbocycles. The lowest BCUT2D eigenvalue weighted by Gasteiger charge is -1.87. The van der Waals surface area contributed by atoms with E-state index in [9.17, 15) is 0 Å². The Morgan fingerprint density at radius 2 is 1.33 bits per heavy atom. The van der Waals surface area contributed by atoms with Crippen LogP contribution in [0.2, 0.25) is 0 Å². The number of hydrogen-bond acceptors (Lipinski definition) is 0. The van der Waals surface area contributed by atoms with E-state index in [0.29, 0.717) is 0 Å². The lowest BCUT2D eigenvalue weighted by molar-refractivity contribution is 0.934. The minimum atomic E-state index is 1.18. The Labute approximate surface area is 77.7 Å². The zero-order chi connectivity index (χ0) is 9.98. The highest BCUT2D eigenvalue weighted by Gasteiger charge is 2.06. The third-order valence-electron chi connectivity index (χ3n) is 1.46. The number of hydrogen-bond donors (Lipinski definition) is 0. The summed E-state index contributed by atoms with van der Waals surface area (Å²) in [5, 5.41) is 0. The van der Waals surface area contributed by atoms with Gasteiger partial charge in [-0.15, -0.1) is 6.58 Å². The van der Waals surface area contributed by atoms with Gasteiger partial charge in [0.05, 0.1) is 0 Å². The second kappa shape index (κ2) is 10.2. The van der Waals surface area contributed by atoms with Gasteiger partial charge >= 0.3 is 0 Å². The normalized spacial score (nSPS) is 13.9. The van der Waals surface area contributed by atoms with Crippen molar-refractivity contribution in [3.63, 3.8) is 0 Å². The van der Waals surface area contributed by atoms with E-state index in [0.717, 1.165) is 0 Å². The Bertz CT molecular complexity index is 126. The molecule has 1 rings (SSSR count). The van der Waals surface area contributed by atoms with Crippen LogP contribution in [0.25, 0.3) is 0 Å². The van der Waals surface area contributed by atoms with Crippen molar-refractivity contribution in [2.24, 2.45) is 0 Å². The molecule has 1 fully saturated rings. The Kier molecular flexibility index (Phi) is 11.7. The second-order valence-corrected chi connectivity index (χ2v) is 2.47. The molecule has 0 aromatic heterocycles. The molecule has 0 bridgehead atoms. The highest BCUT2D eigenvalue weighted by atomic mass is 14.1. The average molecular weight is 166 g/mol. The van der Waals surface area contributed by atoms with E-state index in [4.69, 9.17) is 0 Å². The van der Waals surface area contributed by atoms with Gasteiger partial charge in [-0.05, 0) is 26.2 Å². The van der Waals surface area contributed by atoms with Gasteiger partial charge in [0, 0.05) is 0 Å². The van der Waals surface area contributed by atoms with Gasteiger partial charge in [0.2, 0.25) is 0 Å². The molecule has 0 saturated heterocycles. The van der Waals surface area contributed by atoms with Crippen molar-refractivity contribution in [1.82, 2.24) is 0 Å². The summed E-state index contributed by atoms with van der Waals surface area (Å²) in [5.74, 6) is 0. The number of rotatable bonds is 0. The summed E-state index contributed by atoms with van der Waals surface area (Å²) in [4.78, 5) is 0. The third-order valence-corrected chi connectivity index (χ3v) is 1.46. The molecule has 1 aliphatic rings. The van der Waals surface area contributed by atoms with Crippen molar-refractivity contribution in [1.29, 1.82) is 0 Å². The van der Waals surface area contributed by atoms with Crippen LogP contribution in [-0.2, 0) is 0 Å². The quantitative estimate of drug-likeness (QED) is 0.465. The van der Waals surface area contributed by atoms with Crippen molar-refractivity contribution >= 4 is 0 Å². The van der Waals surface area contributed by atoms with Gasteiger partial charge in [0.1, 0.15) is 0 Å². The molecule has 0 nitrogen and oxygen atoms in total. The molecule has 0 radical (unpaired) electrons.